The molecule has 0 aromatic heterocycles. The highest BCUT2D eigenvalue weighted by Crippen LogP contribution is 3.02. The van der Waals surface area contributed by atoms with E-state index in [0.717, 1.165) is 6.07 Å². The van der Waals surface area contributed by atoms with Gasteiger partial charge in [-0.2, -0.15) is 0 Å². The Bertz CT molecular complexity index is 464. The van der Waals surface area contributed by atoms with Crippen LogP contribution in [0.4, 0.5) is 19.4 Å². The van der Waals surface area contributed by atoms with Crippen LogP contribution in [0.5, 0.6) is 0 Å². The molecule has 0 spiro atoms. The normalized spacial score (nSPS) is 16.4. The van der Waals surface area contributed by atoms with Gasteiger partial charge in [-0.3, -0.25) is 0 Å². The van der Waals surface area contributed by atoms with E-state index in [1.807, 2.05) is 0 Å². The minimum atomic E-state index is -9.95. The molecule has 2 nitrogen and oxygen atoms in total. The summed E-state index contributed by atoms with van der Waals surface area (Å²) in [4.78, 5) is 8.13. The Hall–Kier alpha value is -1.31. The van der Waals surface area contributed by atoms with Crippen molar-refractivity contribution in [2.75, 3.05) is 0 Å². The van der Waals surface area contributed by atoms with Crippen molar-refractivity contribution >= 4 is 16.2 Å². The topological polar surface area (TPSA) is 37.3 Å². The van der Waals surface area contributed by atoms with Crippen LogP contribution in [0.15, 0.2) is 23.1 Å². The van der Waals surface area contributed by atoms with E-state index in [-0.39, 0.29) is 11.6 Å². The Labute approximate surface area is 87.4 Å². The third-order valence-electron chi connectivity index (χ3n) is 1.78. The maximum absolute atomic E-state index is 12.4. The highest BCUT2D eigenvalue weighted by molar-refractivity contribution is 8.45. The van der Waals surface area contributed by atoms with Gasteiger partial charge in [-0.15, -0.1) is 0 Å². The van der Waals surface area contributed by atoms with Crippen LogP contribution in [0, 0.1) is 6.92 Å². The molecular formula is C8H7F5O2S. The van der Waals surface area contributed by atoms with E-state index in [0.29, 0.717) is 6.07 Å². The fourth-order valence-corrected chi connectivity index (χ4v) is 2.03. The molecule has 1 aromatic rings. The number of hydrogen-bond donors (Lipinski definition) is 1. The summed E-state index contributed by atoms with van der Waals surface area (Å²) in [5, 5.41) is 8.47. The molecule has 0 fully saturated rings. The third-order valence-corrected chi connectivity index (χ3v) is 2.97. The van der Waals surface area contributed by atoms with Gasteiger partial charge in [0.25, 0.3) is 0 Å². The fourth-order valence-electron chi connectivity index (χ4n) is 1.15. The van der Waals surface area contributed by atoms with Gasteiger partial charge in [-0.25, -0.2) is 4.79 Å². The lowest BCUT2D eigenvalue weighted by Crippen LogP contribution is -2.12. The molecule has 0 aliphatic rings. The van der Waals surface area contributed by atoms with Crippen molar-refractivity contribution in [1.82, 2.24) is 0 Å². The molecular weight excluding hydrogens is 255 g/mol. The Morgan fingerprint density at radius 3 is 2.06 bits per heavy atom. The van der Waals surface area contributed by atoms with Crippen LogP contribution < -0.4 is 0 Å². The molecule has 0 saturated carbocycles. The Morgan fingerprint density at radius 1 is 1.19 bits per heavy atom. The Morgan fingerprint density at radius 2 is 1.69 bits per heavy atom. The van der Waals surface area contributed by atoms with Crippen molar-refractivity contribution in [2.45, 2.75) is 11.8 Å². The van der Waals surface area contributed by atoms with Crippen LogP contribution in [-0.2, 0) is 0 Å². The summed E-state index contributed by atoms with van der Waals surface area (Å²) >= 11 is 0. The zero-order valence-electron chi connectivity index (χ0n) is 7.89. The van der Waals surface area contributed by atoms with Crippen LogP contribution >= 0.6 is 10.2 Å². The Kier molecular flexibility index (Phi) is 2.14. The Balaban J connectivity index is 3.67. The molecule has 92 valence electrons. The summed E-state index contributed by atoms with van der Waals surface area (Å²) in [7, 11) is -9.95. The molecule has 0 unspecified atom stereocenters. The average molecular weight is 262 g/mol. The minimum Gasteiger partial charge on any atom is -0.478 e. The summed E-state index contributed by atoms with van der Waals surface area (Å²) in [6.45, 7) is 1.31. The molecule has 0 heterocycles. The molecule has 0 aliphatic heterocycles. The van der Waals surface area contributed by atoms with Crippen LogP contribution in [0.25, 0.3) is 0 Å². The van der Waals surface area contributed by atoms with Crippen molar-refractivity contribution in [2.24, 2.45) is 0 Å². The molecule has 1 rings (SSSR count). The van der Waals surface area contributed by atoms with Crippen molar-refractivity contribution in [3.8, 4) is 0 Å². The van der Waals surface area contributed by atoms with Crippen molar-refractivity contribution in [1.29, 1.82) is 0 Å². The highest BCUT2D eigenvalue weighted by Gasteiger charge is 2.67. The van der Waals surface area contributed by atoms with E-state index in [2.05, 4.69) is 0 Å². The van der Waals surface area contributed by atoms with Gasteiger partial charge >= 0.3 is 16.2 Å². The quantitative estimate of drug-likeness (QED) is 0.804. The second-order valence-electron chi connectivity index (χ2n) is 3.27. The molecule has 0 aliphatic carbocycles. The zero-order chi connectivity index (χ0) is 12.8. The van der Waals surface area contributed by atoms with E-state index in [9.17, 15) is 24.2 Å². The van der Waals surface area contributed by atoms with Crippen molar-refractivity contribution in [3.63, 3.8) is 0 Å². The number of hydrogen-bond acceptors (Lipinski definition) is 1. The summed E-state index contributed by atoms with van der Waals surface area (Å²) in [6, 6.07) is 1.45. The van der Waals surface area contributed by atoms with Crippen molar-refractivity contribution in [3.05, 3.63) is 29.3 Å². The van der Waals surface area contributed by atoms with Crippen LogP contribution in [0.2, 0.25) is 0 Å². The van der Waals surface area contributed by atoms with Crippen LogP contribution in [-0.4, -0.2) is 11.1 Å². The second kappa shape index (κ2) is 2.68. The van der Waals surface area contributed by atoms with E-state index < -0.39 is 26.7 Å². The molecule has 1 aromatic carbocycles. The summed E-state index contributed by atoms with van der Waals surface area (Å²) in [6.07, 6.45) is 0. The number of rotatable bonds is 2. The van der Waals surface area contributed by atoms with Crippen molar-refractivity contribution < 1.29 is 29.3 Å². The molecule has 0 radical (unpaired) electrons. The molecule has 0 saturated heterocycles. The maximum Gasteiger partial charge on any atom is 0.337 e. The van der Waals surface area contributed by atoms with Gasteiger partial charge in [0.1, 0.15) is 4.90 Å². The predicted octanol–water partition coefficient (Wildman–Crippen LogP) is 4.35. The van der Waals surface area contributed by atoms with E-state index in [4.69, 9.17) is 5.11 Å². The van der Waals surface area contributed by atoms with Crippen LogP contribution in [0.3, 0.4) is 0 Å². The standard InChI is InChI=1S/C8H7F5O2S/c1-5-2-3-7(6(4-5)8(14)15)16(9,10,11,12)13/h2-4H,1H3,(H,14,15). The number of aromatic carboxylic acids is 1. The van der Waals surface area contributed by atoms with Gasteiger partial charge in [0, 0.05) is 0 Å². The lowest BCUT2D eigenvalue weighted by molar-refractivity contribution is 0.0690. The number of carboxylic acid groups (broad SMARTS) is 1. The first-order valence-electron chi connectivity index (χ1n) is 3.89. The summed E-state index contributed by atoms with van der Waals surface area (Å²) in [5.74, 6) is -2.04. The molecule has 0 bridgehead atoms. The van der Waals surface area contributed by atoms with Gasteiger partial charge < -0.3 is 5.11 Å². The lowest BCUT2D eigenvalue weighted by Gasteiger charge is -2.41. The van der Waals surface area contributed by atoms with E-state index in [1.54, 1.807) is 0 Å². The number of benzene rings is 1. The number of aryl methyl sites for hydroxylation is 1. The predicted molar refractivity (Wildman–Crippen MR) is 49.5 cm³/mol. The third kappa shape index (κ3) is 2.63. The number of halogens is 5. The molecule has 0 amide bonds. The zero-order valence-corrected chi connectivity index (χ0v) is 8.70. The first-order chi connectivity index (χ1) is 6.81. The molecule has 1 N–H and O–H groups in total. The van der Waals surface area contributed by atoms with Gasteiger partial charge in [0.15, 0.2) is 0 Å². The summed E-state index contributed by atoms with van der Waals surface area (Å²) in [5.41, 5.74) is -1.28. The SMILES string of the molecule is Cc1ccc(S(F)(F)(F)(F)F)c(C(=O)O)c1. The highest BCUT2D eigenvalue weighted by atomic mass is 32.5. The number of carbonyl (C=O) groups is 1. The second-order valence-corrected chi connectivity index (χ2v) is 5.65. The molecule has 8 heteroatoms. The van der Waals surface area contributed by atoms with Crippen LogP contribution in [0.1, 0.15) is 15.9 Å². The lowest BCUT2D eigenvalue weighted by atomic mass is 10.1. The summed E-state index contributed by atoms with van der Waals surface area (Å²) < 4.78 is 62.2. The first-order valence-corrected chi connectivity index (χ1v) is 5.84. The van der Waals surface area contributed by atoms with E-state index in [1.165, 1.54) is 6.92 Å². The van der Waals surface area contributed by atoms with Gasteiger partial charge in [-0.1, -0.05) is 31.1 Å². The van der Waals surface area contributed by atoms with E-state index >= 15 is 0 Å². The average Bonchev–Trinajstić information content (AvgIpc) is 1.98. The monoisotopic (exact) mass is 262 g/mol. The molecule has 0 atom stereocenters. The van der Waals surface area contributed by atoms with Gasteiger partial charge in [0.05, 0.1) is 5.56 Å². The fraction of sp³-hybridized carbons (Fsp3) is 0.125. The smallest absolute Gasteiger partial charge is 0.337 e. The van der Waals surface area contributed by atoms with Gasteiger partial charge in [-0.05, 0) is 19.1 Å². The molecule has 16 heavy (non-hydrogen) atoms. The minimum absolute atomic E-state index is 0.0976. The van der Waals surface area contributed by atoms with Gasteiger partial charge in [0.2, 0.25) is 0 Å². The maximum atomic E-state index is 12.4. The first kappa shape index (κ1) is 12.8. The largest absolute Gasteiger partial charge is 0.478 e. The number of carboxylic acids is 1.